The summed E-state index contributed by atoms with van der Waals surface area (Å²) in [5, 5.41) is 10.2. The summed E-state index contributed by atoms with van der Waals surface area (Å²) in [6.45, 7) is 2.39. The van der Waals surface area contributed by atoms with Crippen molar-refractivity contribution in [1.29, 1.82) is 0 Å². The second-order valence-electron chi connectivity index (χ2n) is 3.94. The molecular formula is C11H20O4. The molecule has 1 aliphatic rings. The lowest BCUT2D eigenvalue weighted by molar-refractivity contribution is -0.141. The topological polar surface area (TPSA) is 47.9 Å². The van der Waals surface area contributed by atoms with E-state index in [1.165, 1.54) is 0 Å². The predicted molar refractivity (Wildman–Crippen MR) is 56.3 cm³/mol. The van der Waals surface area contributed by atoms with Gasteiger partial charge in [-0.1, -0.05) is 0 Å². The minimum Gasteiger partial charge on any atom is -0.495 e. The monoisotopic (exact) mass is 216 g/mol. The molecule has 0 radical (unpaired) electrons. The van der Waals surface area contributed by atoms with Gasteiger partial charge in [-0.3, -0.25) is 0 Å². The van der Waals surface area contributed by atoms with Crippen molar-refractivity contribution < 1.29 is 19.3 Å². The highest BCUT2D eigenvalue weighted by Gasteiger charge is 2.32. The van der Waals surface area contributed by atoms with Gasteiger partial charge in [0.25, 0.3) is 0 Å². The Morgan fingerprint density at radius 1 is 1.53 bits per heavy atom. The molecule has 0 saturated carbocycles. The molecule has 1 heterocycles. The zero-order valence-corrected chi connectivity index (χ0v) is 9.66. The van der Waals surface area contributed by atoms with Crippen LogP contribution in [0.25, 0.3) is 0 Å². The molecule has 0 aromatic heterocycles. The third-order valence-corrected chi connectivity index (χ3v) is 2.56. The fourth-order valence-corrected chi connectivity index (χ4v) is 1.62. The van der Waals surface area contributed by atoms with E-state index in [0.717, 1.165) is 12.8 Å². The number of rotatable bonds is 5. The minimum atomic E-state index is -1.02. The van der Waals surface area contributed by atoms with Crippen LogP contribution in [0.1, 0.15) is 26.2 Å². The summed E-state index contributed by atoms with van der Waals surface area (Å²) in [6, 6.07) is 0. The maximum absolute atomic E-state index is 10.2. The van der Waals surface area contributed by atoms with Crippen molar-refractivity contribution in [2.45, 2.75) is 38.1 Å². The van der Waals surface area contributed by atoms with Gasteiger partial charge in [0.1, 0.15) is 11.4 Å². The maximum atomic E-state index is 10.2. The van der Waals surface area contributed by atoms with Gasteiger partial charge in [0.2, 0.25) is 0 Å². The van der Waals surface area contributed by atoms with Crippen LogP contribution in [0.15, 0.2) is 11.8 Å². The first-order valence-electron chi connectivity index (χ1n) is 5.21. The van der Waals surface area contributed by atoms with E-state index in [2.05, 4.69) is 0 Å². The second kappa shape index (κ2) is 5.49. The third-order valence-electron chi connectivity index (χ3n) is 2.56. The first kappa shape index (κ1) is 12.5. The summed E-state index contributed by atoms with van der Waals surface area (Å²) in [4.78, 5) is 0. The SMILES string of the molecule is COC(CC(C)(O)C1=CCCCO1)OC. The number of aliphatic hydroxyl groups is 1. The number of hydrogen-bond donors (Lipinski definition) is 1. The molecule has 0 spiro atoms. The van der Waals surface area contributed by atoms with E-state index in [1.807, 2.05) is 6.08 Å². The molecule has 0 fully saturated rings. The Morgan fingerprint density at radius 2 is 2.20 bits per heavy atom. The van der Waals surface area contributed by atoms with Crippen LogP contribution in [0.2, 0.25) is 0 Å². The Morgan fingerprint density at radius 3 is 2.67 bits per heavy atom. The highest BCUT2D eigenvalue weighted by Crippen LogP contribution is 2.27. The van der Waals surface area contributed by atoms with Gasteiger partial charge in [0.05, 0.1) is 6.61 Å². The first-order valence-corrected chi connectivity index (χ1v) is 5.21. The van der Waals surface area contributed by atoms with Crippen LogP contribution < -0.4 is 0 Å². The largest absolute Gasteiger partial charge is 0.495 e. The Bertz CT molecular complexity index is 219. The summed E-state index contributed by atoms with van der Waals surface area (Å²) >= 11 is 0. The van der Waals surface area contributed by atoms with Gasteiger partial charge in [-0.15, -0.1) is 0 Å². The highest BCUT2D eigenvalue weighted by molar-refractivity contribution is 5.10. The van der Waals surface area contributed by atoms with Crippen molar-refractivity contribution in [2.24, 2.45) is 0 Å². The van der Waals surface area contributed by atoms with E-state index in [4.69, 9.17) is 14.2 Å². The average molecular weight is 216 g/mol. The second-order valence-corrected chi connectivity index (χ2v) is 3.94. The van der Waals surface area contributed by atoms with Gasteiger partial charge >= 0.3 is 0 Å². The summed E-state index contributed by atoms with van der Waals surface area (Å²) in [5.41, 5.74) is -1.02. The Labute approximate surface area is 90.8 Å². The van der Waals surface area contributed by atoms with Crippen molar-refractivity contribution >= 4 is 0 Å². The maximum Gasteiger partial charge on any atom is 0.160 e. The molecule has 0 saturated heterocycles. The van der Waals surface area contributed by atoms with Crippen LogP contribution in [-0.2, 0) is 14.2 Å². The summed E-state index contributed by atoms with van der Waals surface area (Å²) in [5.74, 6) is 0.632. The molecular weight excluding hydrogens is 196 g/mol. The van der Waals surface area contributed by atoms with Gasteiger partial charge in [0.15, 0.2) is 6.29 Å². The third kappa shape index (κ3) is 3.48. The highest BCUT2D eigenvalue weighted by atomic mass is 16.7. The fraction of sp³-hybridized carbons (Fsp3) is 0.818. The molecule has 1 atom stereocenters. The normalized spacial score (nSPS) is 20.7. The molecule has 1 unspecified atom stereocenters. The smallest absolute Gasteiger partial charge is 0.160 e. The molecule has 88 valence electrons. The average Bonchev–Trinajstić information content (AvgIpc) is 2.27. The number of allylic oxidation sites excluding steroid dienone is 1. The molecule has 4 nitrogen and oxygen atoms in total. The Hall–Kier alpha value is -0.580. The molecule has 0 amide bonds. The lowest BCUT2D eigenvalue weighted by Crippen LogP contribution is -2.35. The van der Waals surface area contributed by atoms with E-state index in [1.54, 1.807) is 21.1 Å². The van der Waals surface area contributed by atoms with E-state index in [0.29, 0.717) is 18.8 Å². The molecule has 0 aliphatic carbocycles. The van der Waals surface area contributed by atoms with Crippen molar-refractivity contribution in [3.63, 3.8) is 0 Å². The lowest BCUT2D eigenvalue weighted by atomic mass is 9.97. The van der Waals surface area contributed by atoms with Crippen molar-refractivity contribution in [2.75, 3.05) is 20.8 Å². The number of methoxy groups -OCH3 is 2. The van der Waals surface area contributed by atoms with Gasteiger partial charge in [-0.25, -0.2) is 0 Å². The van der Waals surface area contributed by atoms with Crippen molar-refractivity contribution in [3.8, 4) is 0 Å². The standard InChI is InChI=1S/C11H20O4/c1-11(12,8-10(13-2)14-3)9-6-4-5-7-15-9/h6,10,12H,4-5,7-8H2,1-3H3. The van der Waals surface area contributed by atoms with Crippen LogP contribution in [0, 0.1) is 0 Å². The van der Waals surface area contributed by atoms with Gasteiger partial charge in [-0.2, -0.15) is 0 Å². The van der Waals surface area contributed by atoms with Crippen LogP contribution in [0.4, 0.5) is 0 Å². The molecule has 15 heavy (non-hydrogen) atoms. The molecule has 1 aliphatic heterocycles. The minimum absolute atomic E-state index is 0.367. The van der Waals surface area contributed by atoms with E-state index in [-0.39, 0.29) is 0 Å². The van der Waals surface area contributed by atoms with Crippen molar-refractivity contribution in [1.82, 2.24) is 0 Å². The van der Waals surface area contributed by atoms with Crippen LogP contribution in [0.5, 0.6) is 0 Å². The quantitative estimate of drug-likeness (QED) is 0.706. The fourth-order valence-electron chi connectivity index (χ4n) is 1.62. The molecule has 0 aromatic rings. The Balaban J connectivity index is 2.60. The predicted octanol–water partition coefficient (Wildman–Crippen LogP) is 1.44. The molecule has 4 heteroatoms. The van der Waals surface area contributed by atoms with E-state index < -0.39 is 11.9 Å². The van der Waals surface area contributed by atoms with Gasteiger partial charge in [-0.05, 0) is 25.8 Å². The first-order chi connectivity index (χ1) is 7.10. The van der Waals surface area contributed by atoms with E-state index in [9.17, 15) is 5.11 Å². The van der Waals surface area contributed by atoms with E-state index >= 15 is 0 Å². The molecule has 1 rings (SSSR count). The molecule has 0 aromatic carbocycles. The molecule has 0 bridgehead atoms. The number of hydrogen-bond acceptors (Lipinski definition) is 4. The van der Waals surface area contributed by atoms with Crippen LogP contribution in [-0.4, -0.2) is 37.8 Å². The van der Waals surface area contributed by atoms with Crippen LogP contribution >= 0.6 is 0 Å². The summed E-state index contributed by atoms with van der Waals surface area (Å²) < 4.78 is 15.6. The summed E-state index contributed by atoms with van der Waals surface area (Å²) in [7, 11) is 3.11. The summed E-state index contributed by atoms with van der Waals surface area (Å²) in [6.07, 6.45) is 3.86. The zero-order valence-electron chi connectivity index (χ0n) is 9.66. The molecule has 1 N–H and O–H groups in total. The number of ether oxygens (including phenoxy) is 3. The Kier molecular flexibility index (Phi) is 4.57. The zero-order chi connectivity index (χ0) is 11.3. The van der Waals surface area contributed by atoms with Gasteiger partial charge < -0.3 is 19.3 Å². The van der Waals surface area contributed by atoms with Crippen LogP contribution in [0.3, 0.4) is 0 Å². The van der Waals surface area contributed by atoms with Gasteiger partial charge in [0, 0.05) is 20.6 Å². The van der Waals surface area contributed by atoms with Crippen molar-refractivity contribution in [3.05, 3.63) is 11.8 Å². The lowest BCUT2D eigenvalue weighted by Gasteiger charge is -2.31.